The minimum absolute atomic E-state index is 0.174. The summed E-state index contributed by atoms with van der Waals surface area (Å²) in [7, 11) is 0. The summed E-state index contributed by atoms with van der Waals surface area (Å²) in [6.07, 6.45) is 0. The molecular formula is C14H9Cl3N2OS. The summed E-state index contributed by atoms with van der Waals surface area (Å²) in [5.74, 6) is -0.375. The second-order valence-corrected chi connectivity index (χ2v) is 5.70. The fourth-order valence-corrected chi connectivity index (χ4v) is 2.14. The number of hydrogen-bond acceptors (Lipinski definition) is 2. The van der Waals surface area contributed by atoms with E-state index in [9.17, 15) is 4.79 Å². The maximum absolute atomic E-state index is 12.0. The Morgan fingerprint density at radius 1 is 0.952 bits per heavy atom. The van der Waals surface area contributed by atoms with Gasteiger partial charge in [0, 0.05) is 16.3 Å². The maximum Gasteiger partial charge on any atom is 0.257 e. The van der Waals surface area contributed by atoms with Crippen molar-refractivity contribution in [1.29, 1.82) is 0 Å². The highest BCUT2D eigenvalue weighted by molar-refractivity contribution is 7.80. The predicted octanol–water partition coefficient (Wildman–Crippen LogP) is 4.77. The number of hydrogen-bond donors (Lipinski definition) is 2. The third-order valence-corrected chi connectivity index (χ3v) is 3.71. The lowest BCUT2D eigenvalue weighted by Crippen LogP contribution is -2.34. The molecule has 2 rings (SSSR count). The van der Waals surface area contributed by atoms with Crippen molar-refractivity contribution < 1.29 is 4.79 Å². The first-order valence-corrected chi connectivity index (χ1v) is 7.33. The van der Waals surface area contributed by atoms with Gasteiger partial charge in [0.25, 0.3) is 5.91 Å². The zero-order valence-electron chi connectivity index (χ0n) is 10.5. The Morgan fingerprint density at radius 2 is 1.62 bits per heavy atom. The third-order valence-electron chi connectivity index (χ3n) is 2.51. The van der Waals surface area contributed by atoms with E-state index < -0.39 is 0 Å². The van der Waals surface area contributed by atoms with Gasteiger partial charge in [-0.2, -0.15) is 0 Å². The molecule has 0 atom stereocenters. The summed E-state index contributed by atoms with van der Waals surface area (Å²) >= 11 is 22.5. The van der Waals surface area contributed by atoms with Gasteiger partial charge in [0.2, 0.25) is 0 Å². The van der Waals surface area contributed by atoms with Gasteiger partial charge in [-0.15, -0.1) is 0 Å². The summed E-state index contributed by atoms with van der Waals surface area (Å²) in [5, 5.41) is 6.91. The maximum atomic E-state index is 12.0. The van der Waals surface area contributed by atoms with E-state index in [2.05, 4.69) is 10.6 Å². The topological polar surface area (TPSA) is 41.1 Å². The van der Waals surface area contributed by atoms with Gasteiger partial charge in [-0.1, -0.05) is 34.8 Å². The standard InChI is InChI=1S/C14H9Cl3N2OS/c15-9-2-4-10(5-3-9)18-14(21)19-13(20)8-1-6-11(16)12(17)7-8/h1-7H,(H2,18,19,20,21). The molecule has 0 aromatic heterocycles. The van der Waals surface area contributed by atoms with Crippen LogP contribution in [0, 0.1) is 0 Å². The molecule has 0 fully saturated rings. The second-order valence-electron chi connectivity index (χ2n) is 4.04. The van der Waals surface area contributed by atoms with Gasteiger partial charge in [0.05, 0.1) is 10.0 Å². The number of amides is 1. The Balaban J connectivity index is 2.00. The van der Waals surface area contributed by atoms with E-state index in [-0.39, 0.29) is 11.0 Å². The van der Waals surface area contributed by atoms with E-state index in [1.807, 2.05) is 0 Å². The SMILES string of the molecule is O=C(NC(=S)Nc1ccc(Cl)cc1)c1ccc(Cl)c(Cl)c1. The number of thiocarbonyl (C=S) groups is 1. The van der Waals surface area contributed by atoms with Gasteiger partial charge in [-0.25, -0.2) is 0 Å². The predicted molar refractivity (Wildman–Crippen MR) is 91.6 cm³/mol. The molecule has 0 aliphatic rings. The molecule has 2 aromatic carbocycles. The van der Waals surface area contributed by atoms with Crippen LogP contribution < -0.4 is 10.6 Å². The van der Waals surface area contributed by atoms with Gasteiger partial charge in [0.1, 0.15) is 0 Å². The van der Waals surface area contributed by atoms with E-state index in [4.69, 9.17) is 47.0 Å². The summed E-state index contributed by atoms with van der Waals surface area (Å²) < 4.78 is 0. The summed E-state index contributed by atoms with van der Waals surface area (Å²) in [6.45, 7) is 0. The number of rotatable bonds is 2. The number of carbonyl (C=O) groups is 1. The van der Waals surface area contributed by atoms with Crippen LogP contribution in [0.2, 0.25) is 15.1 Å². The van der Waals surface area contributed by atoms with Crippen molar-refractivity contribution in [2.45, 2.75) is 0 Å². The van der Waals surface area contributed by atoms with Crippen molar-refractivity contribution in [3.63, 3.8) is 0 Å². The molecule has 2 aromatic rings. The molecule has 0 aliphatic carbocycles. The average molecular weight is 360 g/mol. The Kier molecular flexibility index (Phi) is 5.42. The Bertz CT molecular complexity index is 689. The number of carbonyl (C=O) groups excluding carboxylic acids is 1. The quantitative estimate of drug-likeness (QED) is 0.759. The van der Waals surface area contributed by atoms with Crippen molar-refractivity contribution in [1.82, 2.24) is 5.32 Å². The normalized spacial score (nSPS) is 10.0. The van der Waals surface area contributed by atoms with Crippen LogP contribution in [0.1, 0.15) is 10.4 Å². The van der Waals surface area contributed by atoms with Crippen molar-refractivity contribution in [2.75, 3.05) is 5.32 Å². The smallest absolute Gasteiger partial charge is 0.257 e. The third kappa shape index (κ3) is 4.58. The van der Waals surface area contributed by atoms with Crippen molar-refractivity contribution in [3.05, 3.63) is 63.1 Å². The second kappa shape index (κ2) is 7.09. The molecule has 0 heterocycles. The van der Waals surface area contributed by atoms with E-state index >= 15 is 0 Å². The van der Waals surface area contributed by atoms with Gasteiger partial charge in [0.15, 0.2) is 5.11 Å². The molecule has 1 amide bonds. The number of nitrogens with one attached hydrogen (secondary N) is 2. The molecule has 108 valence electrons. The molecule has 0 unspecified atom stereocenters. The van der Waals surface area contributed by atoms with Crippen LogP contribution >= 0.6 is 47.0 Å². The molecule has 0 bridgehead atoms. The monoisotopic (exact) mass is 358 g/mol. The molecule has 0 saturated heterocycles. The Morgan fingerprint density at radius 3 is 2.24 bits per heavy atom. The van der Waals surface area contributed by atoms with Crippen molar-refractivity contribution in [3.8, 4) is 0 Å². The minimum Gasteiger partial charge on any atom is -0.332 e. The molecular weight excluding hydrogens is 351 g/mol. The largest absolute Gasteiger partial charge is 0.332 e. The molecule has 0 saturated carbocycles. The van der Waals surface area contributed by atoms with Crippen LogP contribution in [0.15, 0.2) is 42.5 Å². The van der Waals surface area contributed by atoms with Crippen LogP contribution in [0.25, 0.3) is 0 Å². The molecule has 3 nitrogen and oxygen atoms in total. The lowest BCUT2D eigenvalue weighted by molar-refractivity contribution is 0.0978. The molecule has 21 heavy (non-hydrogen) atoms. The van der Waals surface area contributed by atoms with E-state index in [0.29, 0.717) is 20.6 Å². The van der Waals surface area contributed by atoms with Crippen LogP contribution in [0.5, 0.6) is 0 Å². The van der Waals surface area contributed by atoms with Crippen LogP contribution in [-0.2, 0) is 0 Å². The highest BCUT2D eigenvalue weighted by Crippen LogP contribution is 2.22. The Hall–Kier alpha value is -1.33. The molecule has 7 heteroatoms. The highest BCUT2D eigenvalue weighted by Gasteiger charge is 2.10. The summed E-state index contributed by atoms with van der Waals surface area (Å²) in [4.78, 5) is 12.0. The van der Waals surface area contributed by atoms with Gasteiger partial charge >= 0.3 is 0 Å². The fraction of sp³-hybridized carbons (Fsp3) is 0. The molecule has 0 aliphatic heterocycles. The molecule has 0 radical (unpaired) electrons. The van der Waals surface area contributed by atoms with Crippen LogP contribution in [0.4, 0.5) is 5.69 Å². The van der Waals surface area contributed by atoms with Gasteiger partial charge < -0.3 is 5.32 Å². The van der Waals surface area contributed by atoms with Crippen molar-refractivity contribution in [2.24, 2.45) is 0 Å². The van der Waals surface area contributed by atoms with E-state index in [0.717, 1.165) is 5.69 Å². The van der Waals surface area contributed by atoms with Crippen molar-refractivity contribution >= 4 is 63.7 Å². The van der Waals surface area contributed by atoms with Gasteiger partial charge in [-0.3, -0.25) is 10.1 Å². The lowest BCUT2D eigenvalue weighted by atomic mass is 10.2. The molecule has 2 N–H and O–H groups in total. The van der Waals surface area contributed by atoms with E-state index in [1.54, 1.807) is 36.4 Å². The molecule has 0 spiro atoms. The number of anilines is 1. The highest BCUT2D eigenvalue weighted by atomic mass is 35.5. The minimum atomic E-state index is -0.375. The Labute approximate surface area is 142 Å². The van der Waals surface area contributed by atoms with E-state index in [1.165, 1.54) is 6.07 Å². The summed E-state index contributed by atoms with van der Waals surface area (Å²) in [6, 6.07) is 11.5. The zero-order valence-corrected chi connectivity index (χ0v) is 13.6. The number of benzene rings is 2. The summed E-state index contributed by atoms with van der Waals surface area (Å²) in [5.41, 5.74) is 1.09. The first-order chi connectivity index (χ1) is 9.95. The zero-order chi connectivity index (χ0) is 15.4. The van der Waals surface area contributed by atoms with Crippen LogP contribution in [-0.4, -0.2) is 11.0 Å². The van der Waals surface area contributed by atoms with Gasteiger partial charge in [-0.05, 0) is 54.7 Å². The fourth-order valence-electron chi connectivity index (χ4n) is 1.51. The first-order valence-electron chi connectivity index (χ1n) is 5.78. The van der Waals surface area contributed by atoms with Crippen LogP contribution in [0.3, 0.4) is 0 Å². The lowest BCUT2D eigenvalue weighted by Gasteiger charge is -2.10. The number of halogens is 3. The first kappa shape index (κ1) is 16.0. The average Bonchev–Trinajstić information content (AvgIpc) is 2.44.